The van der Waals surface area contributed by atoms with Crippen LogP contribution in [0, 0.1) is 36.5 Å². The Bertz CT molecular complexity index is 859. The maximum absolute atomic E-state index is 13.8. The zero-order valence-corrected chi connectivity index (χ0v) is 16.6. The molecule has 144 valence electrons. The van der Waals surface area contributed by atoms with Crippen LogP contribution >= 0.6 is 0 Å². The lowest BCUT2D eigenvalue weighted by atomic mass is 9.51. The number of hydrogen-bond donors (Lipinski definition) is 0. The van der Waals surface area contributed by atoms with Crippen LogP contribution in [0.15, 0.2) is 35.7 Å². The van der Waals surface area contributed by atoms with Crippen molar-refractivity contribution >= 4 is 21.4 Å². The molecule has 4 saturated carbocycles. The summed E-state index contributed by atoms with van der Waals surface area (Å²) >= 11 is 0. The van der Waals surface area contributed by atoms with Crippen LogP contribution in [-0.4, -0.2) is 26.1 Å². The third kappa shape index (κ3) is 3.04. The van der Waals surface area contributed by atoms with Gasteiger partial charge in [-0.1, -0.05) is 17.7 Å². The average molecular weight is 386 g/mol. The van der Waals surface area contributed by atoms with E-state index in [1.807, 2.05) is 31.2 Å². The fraction of sp³-hybridized carbons (Fsp3) is 0.591. The van der Waals surface area contributed by atoms with E-state index in [0.29, 0.717) is 11.8 Å². The molecule has 5 aliphatic rings. The molecule has 6 rings (SSSR count). The van der Waals surface area contributed by atoms with Gasteiger partial charge >= 0.3 is 0 Å². The van der Waals surface area contributed by atoms with Gasteiger partial charge < -0.3 is 4.90 Å². The second-order valence-electron chi connectivity index (χ2n) is 9.23. The highest BCUT2D eigenvalue weighted by molar-refractivity contribution is 7.94. The number of carbonyl (C=O) groups is 1. The minimum absolute atomic E-state index is 0.0000796. The molecular formula is C22H27NO3S. The van der Waals surface area contributed by atoms with Crippen LogP contribution in [0.4, 0.5) is 5.69 Å². The Morgan fingerprint density at radius 1 is 0.963 bits per heavy atom. The van der Waals surface area contributed by atoms with Crippen molar-refractivity contribution < 1.29 is 13.2 Å². The number of aryl methyl sites for hydroxylation is 1. The summed E-state index contributed by atoms with van der Waals surface area (Å²) < 4.78 is 24.1. The average Bonchev–Trinajstić information content (AvgIpc) is 2.95. The molecule has 1 atom stereocenters. The summed E-state index contributed by atoms with van der Waals surface area (Å²) in [7, 11) is -3.22. The molecule has 4 bridgehead atoms. The van der Waals surface area contributed by atoms with Crippen LogP contribution in [0.5, 0.6) is 0 Å². The lowest BCUT2D eigenvalue weighted by Gasteiger charge is -2.54. The lowest BCUT2D eigenvalue weighted by molar-refractivity contribution is -0.135. The Labute approximate surface area is 161 Å². The SMILES string of the molecule is Cc1ccc(N(C(=O)C2C3CC4CC(C3)CC2C4)[C@H]2C=CS(=O)(=O)C2)cc1. The van der Waals surface area contributed by atoms with Gasteiger partial charge in [-0.3, -0.25) is 4.79 Å². The number of benzene rings is 1. The first-order valence-electron chi connectivity index (χ1n) is 10.2. The fourth-order valence-electron chi connectivity index (χ4n) is 6.40. The van der Waals surface area contributed by atoms with E-state index in [4.69, 9.17) is 0 Å². The normalized spacial score (nSPS) is 38.3. The summed E-state index contributed by atoms with van der Waals surface area (Å²) in [5.41, 5.74) is 1.96. The highest BCUT2D eigenvalue weighted by atomic mass is 32.2. The van der Waals surface area contributed by atoms with Crippen LogP contribution < -0.4 is 4.90 Å². The van der Waals surface area contributed by atoms with Gasteiger partial charge in [-0.2, -0.15) is 0 Å². The van der Waals surface area contributed by atoms with E-state index < -0.39 is 9.84 Å². The number of amides is 1. The molecule has 0 unspecified atom stereocenters. The number of nitrogens with zero attached hydrogens (tertiary/aromatic N) is 1. The molecule has 0 radical (unpaired) electrons. The summed E-state index contributed by atoms with van der Waals surface area (Å²) in [6.07, 6.45) is 7.80. The Balaban J connectivity index is 1.49. The molecular weight excluding hydrogens is 358 g/mol. The molecule has 0 saturated heterocycles. The first-order valence-corrected chi connectivity index (χ1v) is 11.9. The van der Waals surface area contributed by atoms with Gasteiger partial charge in [0.15, 0.2) is 9.84 Å². The van der Waals surface area contributed by atoms with E-state index in [1.165, 1.54) is 37.5 Å². The van der Waals surface area contributed by atoms with Crippen molar-refractivity contribution in [3.8, 4) is 0 Å². The minimum atomic E-state index is -3.22. The molecule has 1 amide bonds. The second kappa shape index (κ2) is 6.20. The van der Waals surface area contributed by atoms with E-state index in [9.17, 15) is 13.2 Å². The third-order valence-electron chi connectivity index (χ3n) is 7.30. The number of sulfone groups is 1. The third-order valence-corrected chi connectivity index (χ3v) is 8.68. The topological polar surface area (TPSA) is 54.5 Å². The fourth-order valence-corrected chi connectivity index (χ4v) is 7.66. The Kier molecular flexibility index (Phi) is 4.01. The standard InChI is InChI=1S/C22H27NO3S/c1-14-2-4-19(5-3-14)23(20-6-7-27(25,26)13-20)22(24)21-17-9-15-8-16(11-17)12-18(21)10-15/h2-7,15-18,20-21H,8-13H2,1H3/t15?,16?,17?,18?,20-,21?/m0/s1. The number of hydrogen-bond acceptors (Lipinski definition) is 3. The molecule has 4 nitrogen and oxygen atoms in total. The number of rotatable bonds is 3. The molecule has 1 aromatic rings. The van der Waals surface area contributed by atoms with Gasteiger partial charge in [0, 0.05) is 17.0 Å². The first-order chi connectivity index (χ1) is 12.9. The highest BCUT2D eigenvalue weighted by Crippen LogP contribution is 2.57. The molecule has 27 heavy (non-hydrogen) atoms. The van der Waals surface area contributed by atoms with E-state index in [-0.39, 0.29) is 23.6 Å². The maximum Gasteiger partial charge on any atom is 0.231 e. The Morgan fingerprint density at radius 3 is 2.07 bits per heavy atom. The summed E-state index contributed by atoms with van der Waals surface area (Å²) in [6, 6.07) is 7.53. The number of anilines is 1. The molecule has 0 N–H and O–H groups in total. The van der Waals surface area contributed by atoms with Gasteiger partial charge in [0.2, 0.25) is 5.91 Å². The molecule has 5 heteroatoms. The monoisotopic (exact) mass is 385 g/mol. The highest BCUT2D eigenvalue weighted by Gasteiger charge is 2.52. The van der Waals surface area contributed by atoms with Crippen molar-refractivity contribution in [1.82, 2.24) is 0 Å². The summed E-state index contributed by atoms with van der Waals surface area (Å²) in [5.74, 6) is 2.83. The Hall–Kier alpha value is -1.62. The summed E-state index contributed by atoms with van der Waals surface area (Å²) in [5, 5.41) is 1.28. The van der Waals surface area contributed by atoms with Crippen LogP contribution in [0.25, 0.3) is 0 Å². The predicted molar refractivity (Wildman–Crippen MR) is 106 cm³/mol. The van der Waals surface area contributed by atoms with Crippen molar-refractivity contribution in [3.63, 3.8) is 0 Å². The first kappa shape index (κ1) is 17.5. The maximum atomic E-state index is 13.8. The summed E-state index contributed by atoms with van der Waals surface area (Å²) in [6.45, 7) is 2.02. The van der Waals surface area contributed by atoms with Crippen molar-refractivity contribution in [1.29, 1.82) is 0 Å². The van der Waals surface area contributed by atoms with Gasteiger partial charge in [0.1, 0.15) is 0 Å². The van der Waals surface area contributed by atoms with Gasteiger partial charge in [0.05, 0.1) is 11.8 Å². The number of carbonyl (C=O) groups excluding carboxylic acids is 1. The molecule has 0 spiro atoms. The smallest absolute Gasteiger partial charge is 0.231 e. The van der Waals surface area contributed by atoms with Crippen LogP contribution in [-0.2, 0) is 14.6 Å². The molecule has 0 aromatic heterocycles. The quantitative estimate of drug-likeness (QED) is 0.797. The van der Waals surface area contributed by atoms with Crippen molar-refractivity contribution in [3.05, 3.63) is 41.3 Å². The van der Waals surface area contributed by atoms with Crippen LogP contribution in [0.1, 0.15) is 37.7 Å². The largest absolute Gasteiger partial charge is 0.304 e. The van der Waals surface area contributed by atoms with E-state index in [2.05, 4.69) is 0 Å². The Morgan fingerprint density at radius 2 is 1.56 bits per heavy atom. The van der Waals surface area contributed by atoms with Crippen LogP contribution in [0.3, 0.4) is 0 Å². The molecule has 1 aromatic carbocycles. The van der Waals surface area contributed by atoms with Gasteiger partial charge in [-0.25, -0.2) is 8.42 Å². The van der Waals surface area contributed by atoms with E-state index >= 15 is 0 Å². The minimum Gasteiger partial charge on any atom is -0.304 e. The van der Waals surface area contributed by atoms with Crippen molar-refractivity contribution in [2.45, 2.75) is 45.1 Å². The zero-order chi connectivity index (χ0) is 18.8. The van der Waals surface area contributed by atoms with E-state index in [0.717, 1.165) is 23.1 Å². The predicted octanol–water partition coefficient (Wildman–Crippen LogP) is 3.71. The molecule has 4 aliphatic carbocycles. The van der Waals surface area contributed by atoms with Gasteiger partial charge in [-0.05, 0) is 80.9 Å². The van der Waals surface area contributed by atoms with Crippen molar-refractivity contribution in [2.24, 2.45) is 29.6 Å². The van der Waals surface area contributed by atoms with Gasteiger partial charge in [0.25, 0.3) is 0 Å². The zero-order valence-electron chi connectivity index (χ0n) is 15.8. The summed E-state index contributed by atoms with van der Waals surface area (Å²) in [4.78, 5) is 15.6. The van der Waals surface area contributed by atoms with E-state index in [1.54, 1.807) is 11.0 Å². The molecule has 1 heterocycles. The lowest BCUT2D eigenvalue weighted by Crippen LogP contribution is -2.54. The van der Waals surface area contributed by atoms with Crippen molar-refractivity contribution in [2.75, 3.05) is 10.7 Å². The van der Waals surface area contributed by atoms with Crippen LogP contribution in [0.2, 0.25) is 0 Å². The molecule has 1 aliphatic heterocycles. The van der Waals surface area contributed by atoms with Gasteiger partial charge in [-0.15, -0.1) is 0 Å². The second-order valence-corrected chi connectivity index (χ2v) is 11.2. The molecule has 4 fully saturated rings.